The lowest BCUT2D eigenvalue weighted by molar-refractivity contribution is -0.145. The molecule has 0 radical (unpaired) electrons. The number of carboxylic acid groups (broad SMARTS) is 1. The SMILES string of the molecule is CCC(Oc1ccc(CC(NS(=O)(=O)c2ccc(C)cc2)c2cccnc2)cc1)C(=O)O. The van der Waals surface area contributed by atoms with Gasteiger partial charge in [0.1, 0.15) is 5.75 Å². The monoisotopic (exact) mass is 454 g/mol. The third-order valence-corrected chi connectivity index (χ3v) is 6.49. The van der Waals surface area contributed by atoms with E-state index >= 15 is 0 Å². The van der Waals surface area contributed by atoms with Gasteiger partial charge >= 0.3 is 5.97 Å². The van der Waals surface area contributed by atoms with Crippen molar-refractivity contribution in [3.05, 3.63) is 89.7 Å². The van der Waals surface area contributed by atoms with Crippen molar-refractivity contribution in [1.29, 1.82) is 0 Å². The number of aliphatic carboxylic acids is 1. The van der Waals surface area contributed by atoms with Crippen LogP contribution in [-0.2, 0) is 21.2 Å². The Bertz CT molecular complexity index is 1130. The fraction of sp³-hybridized carbons (Fsp3) is 0.250. The highest BCUT2D eigenvalue weighted by Gasteiger charge is 2.22. The third kappa shape index (κ3) is 6.15. The van der Waals surface area contributed by atoms with E-state index in [2.05, 4.69) is 9.71 Å². The minimum atomic E-state index is -3.75. The molecule has 0 bridgehead atoms. The van der Waals surface area contributed by atoms with Crippen molar-refractivity contribution in [1.82, 2.24) is 9.71 Å². The van der Waals surface area contributed by atoms with Crippen LogP contribution in [0.25, 0.3) is 0 Å². The summed E-state index contributed by atoms with van der Waals surface area (Å²) in [6.45, 7) is 3.64. The van der Waals surface area contributed by atoms with Crippen molar-refractivity contribution >= 4 is 16.0 Å². The minimum absolute atomic E-state index is 0.194. The van der Waals surface area contributed by atoms with Crippen LogP contribution in [0.3, 0.4) is 0 Å². The molecule has 0 aliphatic rings. The van der Waals surface area contributed by atoms with Gasteiger partial charge in [-0.05, 0) is 61.2 Å². The van der Waals surface area contributed by atoms with E-state index < -0.39 is 28.1 Å². The maximum atomic E-state index is 13.0. The normalized spacial score (nSPS) is 13.3. The fourth-order valence-electron chi connectivity index (χ4n) is 3.19. The van der Waals surface area contributed by atoms with Gasteiger partial charge in [-0.1, -0.05) is 42.8 Å². The smallest absolute Gasteiger partial charge is 0.344 e. The summed E-state index contributed by atoms with van der Waals surface area (Å²) in [5, 5.41) is 9.16. The van der Waals surface area contributed by atoms with Gasteiger partial charge in [0, 0.05) is 12.4 Å². The molecule has 1 aromatic heterocycles. The van der Waals surface area contributed by atoms with Gasteiger partial charge in [-0.15, -0.1) is 0 Å². The molecule has 0 saturated carbocycles. The molecule has 32 heavy (non-hydrogen) atoms. The first-order chi connectivity index (χ1) is 15.3. The first-order valence-electron chi connectivity index (χ1n) is 10.3. The van der Waals surface area contributed by atoms with Gasteiger partial charge in [-0.25, -0.2) is 17.9 Å². The second-order valence-electron chi connectivity index (χ2n) is 7.47. The van der Waals surface area contributed by atoms with Crippen molar-refractivity contribution in [2.24, 2.45) is 0 Å². The summed E-state index contributed by atoms with van der Waals surface area (Å²) in [6, 6.07) is 16.7. The molecular formula is C24H26N2O5S. The zero-order valence-corrected chi connectivity index (χ0v) is 18.7. The zero-order chi connectivity index (χ0) is 23.1. The molecule has 2 aromatic carbocycles. The summed E-state index contributed by atoms with van der Waals surface area (Å²) < 4.78 is 34.2. The predicted molar refractivity (Wildman–Crippen MR) is 121 cm³/mol. The van der Waals surface area contributed by atoms with Crippen molar-refractivity contribution in [2.75, 3.05) is 0 Å². The molecule has 2 atom stereocenters. The Morgan fingerprint density at radius 3 is 2.34 bits per heavy atom. The molecule has 0 saturated heterocycles. The number of pyridine rings is 1. The first-order valence-corrected chi connectivity index (χ1v) is 11.7. The predicted octanol–water partition coefficient (Wildman–Crippen LogP) is 3.89. The average molecular weight is 455 g/mol. The van der Waals surface area contributed by atoms with Crippen LogP contribution in [0.15, 0.2) is 78.0 Å². The van der Waals surface area contributed by atoms with E-state index in [1.165, 1.54) is 0 Å². The van der Waals surface area contributed by atoms with E-state index in [1.807, 2.05) is 13.0 Å². The lowest BCUT2D eigenvalue weighted by Gasteiger charge is -2.20. The maximum Gasteiger partial charge on any atom is 0.344 e. The molecule has 168 valence electrons. The Morgan fingerprint density at radius 2 is 1.78 bits per heavy atom. The van der Waals surface area contributed by atoms with Crippen molar-refractivity contribution in [3.63, 3.8) is 0 Å². The van der Waals surface area contributed by atoms with E-state index in [-0.39, 0.29) is 4.90 Å². The molecule has 3 aromatic rings. The number of nitrogens with zero attached hydrogens (tertiary/aromatic N) is 1. The molecule has 0 amide bonds. The number of nitrogens with one attached hydrogen (secondary N) is 1. The van der Waals surface area contributed by atoms with Crippen LogP contribution in [0.5, 0.6) is 5.75 Å². The third-order valence-electron chi connectivity index (χ3n) is 5.00. The summed E-state index contributed by atoms with van der Waals surface area (Å²) in [6.07, 6.45) is 3.09. The summed E-state index contributed by atoms with van der Waals surface area (Å²) in [5.41, 5.74) is 2.57. The Hall–Kier alpha value is -3.23. The number of rotatable bonds is 10. The van der Waals surface area contributed by atoms with Gasteiger partial charge < -0.3 is 9.84 Å². The van der Waals surface area contributed by atoms with Gasteiger partial charge in [-0.3, -0.25) is 4.98 Å². The van der Waals surface area contributed by atoms with Crippen LogP contribution in [-0.4, -0.2) is 30.6 Å². The van der Waals surface area contributed by atoms with Crippen molar-refractivity contribution in [3.8, 4) is 5.75 Å². The molecule has 2 N–H and O–H groups in total. The Balaban J connectivity index is 1.81. The van der Waals surface area contributed by atoms with E-state index in [0.29, 0.717) is 18.6 Å². The number of carbonyl (C=O) groups is 1. The second kappa shape index (κ2) is 10.4. The topological polar surface area (TPSA) is 106 Å². The Labute approximate surface area is 188 Å². The van der Waals surface area contributed by atoms with Crippen LogP contribution >= 0.6 is 0 Å². The fourth-order valence-corrected chi connectivity index (χ4v) is 4.42. The number of hydrogen-bond acceptors (Lipinski definition) is 5. The number of aryl methyl sites for hydroxylation is 1. The lowest BCUT2D eigenvalue weighted by atomic mass is 10.0. The second-order valence-corrected chi connectivity index (χ2v) is 9.19. The van der Waals surface area contributed by atoms with Crippen molar-refractivity contribution in [2.45, 2.75) is 43.7 Å². The van der Waals surface area contributed by atoms with Gasteiger partial charge in [0.25, 0.3) is 0 Å². The highest BCUT2D eigenvalue weighted by atomic mass is 32.2. The van der Waals surface area contributed by atoms with Gasteiger partial charge in [0.2, 0.25) is 10.0 Å². The molecule has 2 unspecified atom stereocenters. The van der Waals surface area contributed by atoms with Crippen LogP contribution in [0.4, 0.5) is 0 Å². The quantitative estimate of drug-likeness (QED) is 0.481. The average Bonchev–Trinajstić information content (AvgIpc) is 2.78. The number of hydrogen-bond donors (Lipinski definition) is 2. The number of aromatic nitrogens is 1. The van der Waals surface area contributed by atoms with E-state index in [1.54, 1.807) is 73.9 Å². The molecule has 1 heterocycles. The number of carboxylic acids is 1. The van der Waals surface area contributed by atoms with Gasteiger partial charge in [0.05, 0.1) is 10.9 Å². The first kappa shape index (κ1) is 23.4. The molecule has 0 aliphatic carbocycles. The largest absolute Gasteiger partial charge is 0.479 e. The highest BCUT2D eigenvalue weighted by molar-refractivity contribution is 7.89. The standard InChI is InChI=1S/C24H26N2O5S/c1-3-23(24(27)28)31-20-10-8-18(9-11-20)15-22(19-5-4-14-25-16-19)26-32(29,30)21-12-6-17(2)7-13-21/h4-14,16,22-23,26H,3,15H2,1-2H3,(H,27,28). The summed E-state index contributed by atoms with van der Waals surface area (Å²) >= 11 is 0. The summed E-state index contributed by atoms with van der Waals surface area (Å²) in [7, 11) is -3.75. The number of benzene rings is 2. The van der Waals surface area contributed by atoms with Crippen molar-refractivity contribution < 1.29 is 23.1 Å². The zero-order valence-electron chi connectivity index (χ0n) is 17.9. The van der Waals surface area contributed by atoms with Crippen LogP contribution in [0.2, 0.25) is 0 Å². The lowest BCUT2D eigenvalue weighted by Crippen LogP contribution is -2.30. The minimum Gasteiger partial charge on any atom is -0.479 e. The molecule has 0 aliphatic heterocycles. The molecule has 3 rings (SSSR count). The summed E-state index contributed by atoms with van der Waals surface area (Å²) in [4.78, 5) is 15.5. The summed E-state index contributed by atoms with van der Waals surface area (Å²) in [5.74, 6) is -0.570. The molecule has 0 fully saturated rings. The van der Waals surface area contributed by atoms with Crippen LogP contribution in [0.1, 0.15) is 36.1 Å². The molecule has 7 nitrogen and oxygen atoms in total. The number of sulfonamides is 1. The maximum absolute atomic E-state index is 13.0. The Morgan fingerprint density at radius 1 is 1.09 bits per heavy atom. The van der Waals surface area contributed by atoms with Gasteiger partial charge in [0.15, 0.2) is 6.10 Å². The van der Waals surface area contributed by atoms with Gasteiger partial charge in [-0.2, -0.15) is 0 Å². The molecule has 0 spiro atoms. The Kier molecular flexibility index (Phi) is 7.61. The molecule has 8 heteroatoms. The highest BCUT2D eigenvalue weighted by Crippen LogP contribution is 2.23. The van der Waals surface area contributed by atoms with Crippen LogP contribution < -0.4 is 9.46 Å². The molecular weight excluding hydrogens is 428 g/mol. The number of ether oxygens (including phenoxy) is 1. The van der Waals surface area contributed by atoms with E-state index in [4.69, 9.17) is 9.84 Å². The van der Waals surface area contributed by atoms with E-state index in [9.17, 15) is 13.2 Å². The van der Waals surface area contributed by atoms with Crippen LogP contribution in [0, 0.1) is 6.92 Å². The van der Waals surface area contributed by atoms with E-state index in [0.717, 1.165) is 16.7 Å².